The fraction of sp³-hybridized carbons (Fsp3) is 0.600. The molecule has 0 saturated carbocycles. The summed E-state index contributed by atoms with van der Waals surface area (Å²) < 4.78 is 0. The van der Waals surface area contributed by atoms with Crippen molar-refractivity contribution >= 4 is 11.8 Å². The second kappa shape index (κ2) is 9.56. The van der Waals surface area contributed by atoms with Gasteiger partial charge in [-0.15, -0.1) is 0 Å². The van der Waals surface area contributed by atoms with Crippen LogP contribution in [-0.2, 0) is 9.59 Å². The fourth-order valence-electron chi connectivity index (χ4n) is 3.54. The molecule has 1 fully saturated rings. The van der Waals surface area contributed by atoms with Gasteiger partial charge in [0, 0.05) is 26.2 Å². The summed E-state index contributed by atoms with van der Waals surface area (Å²) in [6.45, 7) is 6.42. The van der Waals surface area contributed by atoms with Crippen LogP contribution in [0.15, 0.2) is 30.3 Å². The molecule has 0 radical (unpaired) electrons. The lowest BCUT2D eigenvalue weighted by molar-refractivity contribution is -0.138. The van der Waals surface area contributed by atoms with Gasteiger partial charge in [0.05, 0.1) is 11.8 Å². The van der Waals surface area contributed by atoms with Gasteiger partial charge in [-0.1, -0.05) is 50.6 Å². The Bertz CT molecular complexity index is 561. The van der Waals surface area contributed by atoms with Gasteiger partial charge in [-0.2, -0.15) is 0 Å². The summed E-state index contributed by atoms with van der Waals surface area (Å²) in [5, 5.41) is 2.85. The Morgan fingerprint density at radius 1 is 1.32 bits per heavy atom. The molecule has 3 N–H and O–H groups in total. The van der Waals surface area contributed by atoms with Gasteiger partial charge < -0.3 is 16.0 Å². The molecule has 5 nitrogen and oxygen atoms in total. The highest BCUT2D eigenvalue weighted by Gasteiger charge is 2.34. The number of nitrogens with one attached hydrogen (secondary N) is 1. The van der Waals surface area contributed by atoms with E-state index >= 15 is 0 Å². The number of nitrogens with two attached hydrogens (primary N) is 1. The van der Waals surface area contributed by atoms with Crippen molar-refractivity contribution in [1.82, 2.24) is 10.2 Å². The molecule has 1 aromatic rings. The molecule has 5 heteroatoms. The van der Waals surface area contributed by atoms with E-state index in [0.717, 1.165) is 31.4 Å². The van der Waals surface area contributed by atoms with E-state index in [9.17, 15) is 9.59 Å². The molecule has 1 saturated heterocycles. The zero-order valence-corrected chi connectivity index (χ0v) is 15.4. The fourth-order valence-corrected chi connectivity index (χ4v) is 3.54. The Hall–Kier alpha value is -1.88. The minimum absolute atomic E-state index is 0.0164. The standard InChI is InChI=1S/C20H31N3O2/c1-3-15(2)18(16-8-5-4-6-9-16)20(25)23-13-7-10-17(14-23)19(24)22-12-11-21/h4-6,8-9,15,17-18H,3,7,10-14,21H2,1-2H3,(H,22,24). The third-order valence-corrected chi connectivity index (χ3v) is 5.19. The van der Waals surface area contributed by atoms with Crippen molar-refractivity contribution < 1.29 is 9.59 Å². The van der Waals surface area contributed by atoms with E-state index in [-0.39, 0.29) is 29.6 Å². The monoisotopic (exact) mass is 345 g/mol. The van der Waals surface area contributed by atoms with E-state index in [0.29, 0.717) is 19.6 Å². The van der Waals surface area contributed by atoms with Gasteiger partial charge in [0.1, 0.15) is 0 Å². The maximum absolute atomic E-state index is 13.3. The Balaban J connectivity index is 2.11. The third-order valence-electron chi connectivity index (χ3n) is 5.19. The van der Waals surface area contributed by atoms with E-state index in [1.54, 1.807) is 0 Å². The first-order valence-electron chi connectivity index (χ1n) is 9.40. The first-order valence-corrected chi connectivity index (χ1v) is 9.40. The molecule has 2 amide bonds. The molecular formula is C20H31N3O2. The number of piperidine rings is 1. The normalized spacial score (nSPS) is 20.0. The molecule has 1 aliphatic rings. The highest BCUT2D eigenvalue weighted by Crippen LogP contribution is 2.30. The summed E-state index contributed by atoms with van der Waals surface area (Å²) >= 11 is 0. The first kappa shape index (κ1) is 19.4. The lowest BCUT2D eigenvalue weighted by Gasteiger charge is -2.36. The Kier molecular flexibility index (Phi) is 7.44. The Morgan fingerprint density at radius 2 is 2.04 bits per heavy atom. The van der Waals surface area contributed by atoms with Crippen LogP contribution in [0.3, 0.4) is 0 Å². The lowest BCUT2D eigenvalue weighted by Crippen LogP contribution is -2.48. The van der Waals surface area contributed by atoms with Crippen molar-refractivity contribution in [2.45, 2.75) is 39.0 Å². The maximum Gasteiger partial charge on any atom is 0.230 e. The van der Waals surface area contributed by atoms with Crippen molar-refractivity contribution in [2.75, 3.05) is 26.2 Å². The molecule has 0 aromatic heterocycles. The van der Waals surface area contributed by atoms with Crippen LogP contribution >= 0.6 is 0 Å². The molecule has 2 rings (SSSR count). The van der Waals surface area contributed by atoms with Gasteiger partial charge >= 0.3 is 0 Å². The van der Waals surface area contributed by atoms with E-state index in [2.05, 4.69) is 19.2 Å². The van der Waals surface area contributed by atoms with Gasteiger partial charge in [-0.3, -0.25) is 9.59 Å². The summed E-state index contributed by atoms with van der Waals surface area (Å²) in [5.41, 5.74) is 6.52. The molecule has 1 aliphatic heterocycles. The summed E-state index contributed by atoms with van der Waals surface area (Å²) in [6.07, 6.45) is 2.65. The summed E-state index contributed by atoms with van der Waals surface area (Å²) in [5.74, 6) is 0.163. The van der Waals surface area contributed by atoms with Crippen LogP contribution in [0, 0.1) is 11.8 Å². The Morgan fingerprint density at radius 3 is 2.68 bits per heavy atom. The quantitative estimate of drug-likeness (QED) is 0.795. The molecule has 0 bridgehead atoms. The van der Waals surface area contributed by atoms with Gasteiger partial charge in [-0.05, 0) is 24.3 Å². The highest BCUT2D eigenvalue weighted by atomic mass is 16.2. The van der Waals surface area contributed by atoms with Crippen LogP contribution < -0.4 is 11.1 Å². The maximum atomic E-state index is 13.3. The van der Waals surface area contributed by atoms with Crippen molar-refractivity contribution in [3.8, 4) is 0 Å². The molecule has 0 aliphatic carbocycles. The minimum Gasteiger partial charge on any atom is -0.355 e. The second-order valence-corrected chi connectivity index (χ2v) is 6.98. The number of nitrogens with zero attached hydrogens (tertiary/aromatic N) is 1. The summed E-state index contributed by atoms with van der Waals surface area (Å²) in [6, 6.07) is 10.0. The van der Waals surface area contributed by atoms with E-state index in [1.807, 2.05) is 35.2 Å². The van der Waals surface area contributed by atoms with E-state index < -0.39 is 0 Å². The molecule has 0 spiro atoms. The lowest BCUT2D eigenvalue weighted by atomic mass is 9.83. The molecule has 138 valence electrons. The van der Waals surface area contributed by atoms with Crippen LogP contribution in [0.25, 0.3) is 0 Å². The summed E-state index contributed by atoms with van der Waals surface area (Å²) in [4.78, 5) is 27.4. The van der Waals surface area contributed by atoms with Gasteiger partial charge in [0.25, 0.3) is 0 Å². The van der Waals surface area contributed by atoms with Crippen LogP contribution in [0.4, 0.5) is 0 Å². The average molecular weight is 345 g/mol. The zero-order chi connectivity index (χ0) is 18.2. The molecule has 3 atom stereocenters. The van der Waals surface area contributed by atoms with Crippen LogP contribution in [0.5, 0.6) is 0 Å². The zero-order valence-electron chi connectivity index (χ0n) is 15.4. The van der Waals surface area contributed by atoms with Crippen molar-refractivity contribution in [2.24, 2.45) is 17.6 Å². The van der Waals surface area contributed by atoms with E-state index in [1.165, 1.54) is 0 Å². The van der Waals surface area contributed by atoms with Gasteiger partial charge in [-0.25, -0.2) is 0 Å². The highest BCUT2D eigenvalue weighted by molar-refractivity contribution is 5.85. The molecule has 1 aromatic carbocycles. The van der Waals surface area contributed by atoms with Crippen molar-refractivity contribution in [1.29, 1.82) is 0 Å². The summed E-state index contributed by atoms with van der Waals surface area (Å²) in [7, 11) is 0. The smallest absolute Gasteiger partial charge is 0.230 e. The average Bonchev–Trinajstić information content (AvgIpc) is 2.66. The molecular weight excluding hydrogens is 314 g/mol. The number of hydrogen-bond donors (Lipinski definition) is 2. The van der Waals surface area contributed by atoms with Crippen LogP contribution in [0.1, 0.15) is 44.6 Å². The second-order valence-electron chi connectivity index (χ2n) is 6.98. The number of amides is 2. The predicted molar refractivity (Wildman–Crippen MR) is 100 cm³/mol. The Labute approximate surface area is 151 Å². The first-order chi connectivity index (χ1) is 12.1. The molecule has 1 heterocycles. The minimum atomic E-state index is -0.142. The number of hydrogen-bond acceptors (Lipinski definition) is 3. The van der Waals surface area contributed by atoms with Crippen LogP contribution in [-0.4, -0.2) is 42.9 Å². The van der Waals surface area contributed by atoms with E-state index in [4.69, 9.17) is 5.73 Å². The van der Waals surface area contributed by atoms with Gasteiger partial charge in [0.15, 0.2) is 0 Å². The van der Waals surface area contributed by atoms with Gasteiger partial charge in [0.2, 0.25) is 11.8 Å². The van der Waals surface area contributed by atoms with Crippen molar-refractivity contribution in [3.63, 3.8) is 0 Å². The predicted octanol–water partition coefficient (Wildman–Crippen LogP) is 2.13. The molecule has 25 heavy (non-hydrogen) atoms. The number of likely N-dealkylation sites (tertiary alicyclic amines) is 1. The SMILES string of the molecule is CCC(C)C(C(=O)N1CCCC(C(=O)NCCN)C1)c1ccccc1. The number of carbonyl (C=O) groups excluding carboxylic acids is 2. The third kappa shape index (κ3) is 5.05. The number of benzene rings is 1. The number of carbonyl (C=O) groups is 2. The van der Waals surface area contributed by atoms with Crippen LogP contribution in [0.2, 0.25) is 0 Å². The topological polar surface area (TPSA) is 75.4 Å². The largest absolute Gasteiger partial charge is 0.355 e. The number of rotatable bonds is 7. The van der Waals surface area contributed by atoms with Crippen molar-refractivity contribution in [3.05, 3.63) is 35.9 Å². The molecule has 3 unspecified atom stereocenters.